The van der Waals surface area contributed by atoms with Gasteiger partial charge in [-0.2, -0.15) is 0 Å². The van der Waals surface area contributed by atoms with Gasteiger partial charge in [0.05, 0.1) is 15.1 Å². The summed E-state index contributed by atoms with van der Waals surface area (Å²) < 4.78 is 4.05. The first-order valence-corrected chi connectivity index (χ1v) is 10.1. The van der Waals surface area contributed by atoms with Crippen molar-refractivity contribution in [1.29, 1.82) is 0 Å². The molecule has 0 radical (unpaired) electrons. The highest BCUT2D eigenvalue weighted by molar-refractivity contribution is 7.99. The molecule has 0 aliphatic rings. The summed E-state index contributed by atoms with van der Waals surface area (Å²) in [6.07, 6.45) is 1.87. The average molecular weight is 396 g/mol. The summed E-state index contributed by atoms with van der Waals surface area (Å²) in [6, 6.07) is 3.29. The minimum atomic E-state index is -0.358. The van der Waals surface area contributed by atoms with Crippen molar-refractivity contribution in [1.82, 2.24) is 14.1 Å². The van der Waals surface area contributed by atoms with E-state index in [2.05, 4.69) is 4.98 Å². The molecule has 2 aromatic heterocycles. The Morgan fingerprint density at radius 1 is 1.24 bits per heavy atom. The molecule has 0 unspecified atom stereocenters. The van der Waals surface area contributed by atoms with Crippen molar-refractivity contribution >= 4 is 45.5 Å². The summed E-state index contributed by atoms with van der Waals surface area (Å²) in [5.74, 6) is 0.00565. The van der Waals surface area contributed by atoms with Crippen LogP contribution < -0.4 is 5.56 Å². The fraction of sp³-hybridized carbons (Fsp3) is 0.312. The zero-order valence-electron chi connectivity index (χ0n) is 13.9. The van der Waals surface area contributed by atoms with Crippen molar-refractivity contribution in [3.05, 3.63) is 27.3 Å². The van der Waals surface area contributed by atoms with Crippen LogP contribution in [0.3, 0.4) is 0 Å². The Labute approximate surface area is 157 Å². The fourth-order valence-corrected chi connectivity index (χ4v) is 5.10. The van der Waals surface area contributed by atoms with Gasteiger partial charge in [-0.15, -0.1) is 23.1 Å². The third-order valence-corrected chi connectivity index (χ3v) is 6.44. The third-order valence-electron chi connectivity index (χ3n) is 3.94. The van der Waals surface area contributed by atoms with Crippen LogP contribution in [0.15, 0.2) is 21.8 Å². The first-order valence-electron chi connectivity index (χ1n) is 7.68. The number of phenolic OH excluding ortho intramolecular Hbond substituents is 1. The standard InChI is InChI=1S/C16H17N3O3S3/c1-4-18-14(21)10(15(22)19(5-2)16(18)23)13-17-8-6-7-9(20)12(24-3)11(8)25-13/h6-7,20-21H,4-5H2,1-3H3. The highest BCUT2D eigenvalue weighted by atomic mass is 32.2. The van der Waals surface area contributed by atoms with Crippen LogP contribution in [0.1, 0.15) is 13.8 Å². The lowest BCUT2D eigenvalue weighted by atomic mass is 10.3. The monoisotopic (exact) mass is 395 g/mol. The van der Waals surface area contributed by atoms with Gasteiger partial charge in [-0.25, -0.2) is 4.98 Å². The van der Waals surface area contributed by atoms with Crippen LogP contribution in [-0.4, -0.2) is 30.6 Å². The zero-order valence-corrected chi connectivity index (χ0v) is 16.4. The van der Waals surface area contributed by atoms with E-state index >= 15 is 0 Å². The Balaban J connectivity index is 2.39. The molecule has 0 fully saturated rings. The summed E-state index contributed by atoms with van der Waals surface area (Å²) in [5.41, 5.74) is 0.461. The van der Waals surface area contributed by atoms with Crippen molar-refractivity contribution in [2.24, 2.45) is 0 Å². The molecule has 6 nitrogen and oxygen atoms in total. The molecule has 0 bridgehead atoms. The van der Waals surface area contributed by atoms with Gasteiger partial charge in [0.1, 0.15) is 16.3 Å². The molecule has 0 spiro atoms. The molecule has 0 aliphatic carbocycles. The van der Waals surface area contributed by atoms with E-state index in [1.165, 1.54) is 32.2 Å². The number of hydrogen-bond acceptors (Lipinski definition) is 7. The smallest absolute Gasteiger partial charge is 0.268 e. The second kappa shape index (κ2) is 6.81. The minimum absolute atomic E-state index is 0.144. The third kappa shape index (κ3) is 2.76. The van der Waals surface area contributed by atoms with Crippen molar-refractivity contribution in [3.8, 4) is 22.2 Å². The van der Waals surface area contributed by atoms with E-state index in [9.17, 15) is 15.0 Å². The molecule has 2 heterocycles. The van der Waals surface area contributed by atoms with Gasteiger partial charge in [0, 0.05) is 13.1 Å². The van der Waals surface area contributed by atoms with E-state index in [0.29, 0.717) is 33.3 Å². The summed E-state index contributed by atoms with van der Waals surface area (Å²) in [7, 11) is 0. The number of aromatic hydroxyl groups is 2. The molecule has 9 heteroatoms. The molecule has 3 aromatic rings. The van der Waals surface area contributed by atoms with Crippen molar-refractivity contribution in [3.63, 3.8) is 0 Å². The van der Waals surface area contributed by atoms with Gasteiger partial charge < -0.3 is 10.2 Å². The quantitative estimate of drug-likeness (QED) is 0.516. The van der Waals surface area contributed by atoms with Crippen molar-refractivity contribution < 1.29 is 10.2 Å². The normalized spacial score (nSPS) is 11.3. The van der Waals surface area contributed by atoms with E-state index < -0.39 is 0 Å². The highest BCUT2D eigenvalue weighted by Gasteiger charge is 2.22. The van der Waals surface area contributed by atoms with E-state index in [-0.39, 0.29) is 22.8 Å². The Kier molecular flexibility index (Phi) is 4.90. The van der Waals surface area contributed by atoms with Gasteiger partial charge >= 0.3 is 0 Å². The maximum atomic E-state index is 12.8. The number of benzene rings is 1. The van der Waals surface area contributed by atoms with Crippen molar-refractivity contribution in [2.45, 2.75) is 31.8 Å². The predicted octanol–water partition coefficient (Wildman–Crippen LogP) is 3.83. The topological polar surface area (TPSA) is 80.3 Å². The lowest BCUT2D eigenvalue weighted by Crippen LogP contribution is -2.26. The molecule has 132 valence electrons. The van der Waals surface area contributed by atoms with Crippen LogP contribution in [0.4, 0.5) is 0 Å². The second-order valence-corrected chi connectivity index (χ2v) is 7.44. The number of thiazole rings is 1. The fourth-order valence-electron chi connectivity index (χ4n) is 2.70. The molecule has 0 aliphatic heterocycles. The molecule has 3 rings (SSSR count). The number of hydrogen-bond donors (Lipinski definition) is 2. The van der Waals surface area contributed by atoms with E-state index in [1.807, 2.05) is 20.1 Å². The van der Waals surface area contributed by atoms with Crippen molar-refractivity contribution in [2.75, 3.05) is 6.26 Å². The Hall–Kier alpha value is -1.84. The highest BCUT2D eigenvalue weighted by Crippen LogP contribution is 2.41. The summed E-state index contributed by atoms with van der Waals surface area (Å²) in [5, 5.41) is 21.1. The summed E-state index contributed by atoms with van der Waals surface area (Å²) in [4.78, 5) is 18.1. The van der Waals surface area contributed by atoms with E-state index in [0.717, 1.165) is 4.70 Å². The number of nitrogens with zero attached hydrogens (tertiary/aromatic N) is 3. The van der Waals surface area contributed by atoms with Crippen LogP contribution in [0.5, 0.6) is 11.6 Å². The van der Waals surface area contributed by atoms with Crippen LogP contribution in [-0.2, 0) is 13.1 Å². The molecular formula is C16H17N3O3S3. The van der Waals surface area contributed by atoms with Crippen LogP contribution in [0.25, 0.3) is 20.8 Å². The Morgan fingerprint density at radius 3 is 2.52 bits per heavy atom. The molecular weight excluding hydrogens is 378 g/mol. The number of fused-ring (bicyclic) bond motifs is 1. The van der Waals surface area contributed by atoms with E-state index in [1.54, 1.807) is 12.1 Å². The van der Waals surface area contributed by atoms with Gasteiger partial charge in [-0.3, -0.25) is 13.9 Å². The Morgan fingerprint density at radius 2 is 1.92 bits per heavy atom. The average Bonchev–Trinajstić information content (AvgIpc) is 2.99. The molecule has 0 atom stereocenters. The maximum Gasteiger partial charge on any atom is 0.268 e. The van der Waals surface area contributed by atoms with Gasteiger partial charge in [-0.05, 0) is 44.5 Å². The predicted molar refractivity (Wildman–Crippen MR) is 105 cm³/mol. The maximum absolute atomic E-state index is 12.8. The lowest BCUT2D eigenvalue weighted by molar-refractivity contribution is 0.403. The van der Waals surface area contributed by atoms with Crippen LogP contribution in [0.2, 0.25) is 0 Å². The summed E-state index contributed by atoms with van der Waals surface area (Å²) >= 11 is 8.00. The number of rotatable bonds is 4. The molecule has 0 saturated carbocycles. The number of aromatic nitrogens is 3. The number of thioether (sulfide) groups is 1. The lowest BCUT2D eigenvalue weighted by Gasteiger charge is -2.14. The molecule has 2 N–H and O–H groups in total. The number of phenols is 1. The zero-order chi connectivity index (χ0) is 18.3. The second-order valence-electron chi connectivity index (χ2n) is 5.26. The summed E-state index contributed by atoms with van der Waals surface area (Å²) in [6.45, 7) is 4.54. The first-order chi connectivity index (χ1) is 11.9. The molecule has 0 amide bonds. The van der Waals surface area contributed by atoms with Gasteiger partial charge in [-0.1, -0.05) is 0 Å². The van der Waals surface area contributed by atoms with Gasteiger partial charge in [0.2, 0.25) is 5.88 Å². The largest absolute Gasteiger partial charge is 0.507 e. The van der Waals surface area contributed by atoms with Gasteiger partial charge in [0.15, 0.2) is 4.77 Å². The van der Waals surface area contributed by atoms with Gasteiger partial charge in [0.25, 0.3) is 5.56 Å². The molecule has 25 heavy (non-hydrogen) atoms. The minimum Gasteiger partial charge on any atom is -0.507 e. The van der Waals surface area contributed by atoms with Crippen LogP contribution >= 0.6 is 35.3 Å². The SMILES string of the molecule is CCn1c(O)c(-c2nc3ccc(O)c(SC)c3s2)c(=O)n(CC)c1=S. The first kappa shape index (κ1) is 18.0. The Bertz CT molecular complexity index is 1080. The molecule has 0 saturated heterocycles. The van der Waals surface area contributed by atoms with E-state index in [4.69, 9.17) is 12.2 Å². The van der Waals surface area contributed by atoms with Crippen LogP contribution in [0, 0.1) is 4.77 Å². The molecule has 1 aromatic carbocycles.